The monoisotopic (exact) mass is 223 g/mol. The van der Waals surface area contributed by atoms with Gasteiger partial charge in [-0.3, -0.25) is 0 Å². The molecule has 2 aromatic carbocycles. The van der Waals surface area contributed by atoms with Gasteiger partial charge in [0.25, 0.3) is 0 Å². The number of benzene rings is 2. The van der Waals surface area contributed by atoms with Crippen molar-refractivity contribution in [2.45, 2.75) is 13.0 Å². The zero-order valence-corrected chi connectivity index (χ0v) is 9.62. The number of nitrogens with zero attached hydrogens (tertiary/aromatic N) is 3. The van der Waals surface area contributed by atoms with Gasteiger partial charge in [-0.25, -0.2) is 0 Å². The highest BCUT2D eigenvalue weighted by atomic mass is 15.1. The molecule has 0 saturated heterocycles. The van der Waals surface area contributed by atoms with Crippen LogP contribution in [0.4, 0.5) is 0 Å². The van der Waals surface area contributed by atoms with Gasteiger partial charge in [0.2, 0.25) is 0 Å². The zero-order chi connectivity index (χ0) is 12.1. The highest BCUT2D eigenvalue weighted by molar-refractivity contribution is 5.63. The maximum absolute atomic E-state index is 8.39. The lowest BCUT2D eigenvalue weighted by Crippen LogP contribution is -1.87. The van der Waals surface area contributed by atoms with Crippen LogP contribution in [0.3, 0.4) is 0 Å². The molecule has 0 fully saturated rings. The van der Waals surface area contributed by atoms with Gasteiger partial charge in [-0.1, -0.05) is 66.6 Å². The smallest absolute Gasteiger partial charge is 0.0597 e. The molecule has 3 heteroatoms. The molecular formula is C14H13N3. The van der Waals surface area contributed by atoms with E-state index in [0.29, 0.717) is 0 Å². The molecule has 0 unspecified atom stereocenters. The van der Waals surface area contributed by atoms with Crippen LogP contribution < -0.4 is 0 Å². The van der Waals surface area contributed by atoms with Crippen molar-refractivity contribution in [3.8, 4) is 11.1 Å². The van der Waals surface area contributed by atoms with Gasteiger partial charge in [0.15, 0.2) is 0 Å². The average Bonchev–Trinajstić information content (AvgIpc) is 2.40. The topological polar surface area (TPSA) is 48.8 Å². The summed E-state index contributed by atoms with van der Waals surface area (Å²) in [5.74, 6) is 0. The highest BCUT2D eigenvalue weighted by Gasteiger charge is 2.02. The number of hydrogen-bond acceptors (Lipinski definition) is 1. The lowest BCUT2D eigenvalue weighted by Gasteiger charge is -2.06. The number of hydrogen-bond donors (Lipinski definition) is 0. The van der Waals surface area contributed by atoms with E-state index < -0.39 is 0 Å². The van der Waals surface area contributed by atoms with Crippen LogP contribution in [0, 0.1) is 0 Å². The normalized spacial score (nSPS) is 11.6. The van der Waals surface area contributed by atoms with Crippen molar-refractivity contribution < 1.29 is 0 Å². The van der Waals surface area contributed by atoms with E-state index in [1.165, 1.54) is 11.1 Å². The standard InChI is InChI=1S/C14H13N3/c1-11(16-17-15)12-7-9-14(10-8-12)13-5-3-2-4-6-13/h2-11H,1H3/t11-/m1/s1. The summed E-state index contributed by atoms with van der Waals surface area (Å²) in [5, 5.41) is 3.68. The third-order valence-corrected chi connectivity index (χ3v) is 2.73. The second-order valence-electron chi connectivity index (χ2n) is 3.87. The summed E-state index contributed by atoms with van der Waals surface area (Å²) >= 11 is 0. The van der Waals surface area contributed by atoms with Crippen LogP contribution in [-0.4, -0.2) is 0 Å². The first-order valence-corrected chi connectivity index (χ1v) is 5.51. The van der Waals surface area contributed by atoms with Crippen LogP contribution in [0.25, 0.3) is 21.6 Å². The molecule has 0 N–H and O–H groups in total. The van der Waals surface area contributed by atoms with Crippen LogP contribution in [0.15, 0.2) is 59.7 Å². The Bertz CT molecular complexity index is 525. The molecule has 0 bridgehead atoms. The van der Waals surface area contributed by atoms with E-state index in [1.54, 1.807) is 0 Å². The van der Waals surface area contributed by atoms with E-state index in [-0.39, 0.29) is 6.04 Å². The summed E-state index contributed by atoms with van der Waals surface area (Å²) in [5.41, 5.74) is 11.8. The molecule has 0 heterocycles. The minimum atomic E-state index is -0.121. The molecule has 0 radical (unpaired) electrons. The first-order chi connectivity index (χ1) is 8.31. The first-order valence-electron chi connectivity index (χ1n) is 5.51. The summed E-state index contributed by atoms with van der Waals surface area (Å²) < 4.78 is 0. The second-order valence-corrected chi connectivity index (χ2v) is 3.87. The van der Waals surface area contributed by atoms with Gasteiger partial charge in [-0.05, 0) is 22.2 Å². The summed E-state index contributed by atoms with van der Waals surface area (Å²) in [6.45, 7) is 1.89. The molecule has 0 saturated carbocycles. The van der Waals surface area contributed by atoms with E-state index in [9.17, 15) is 0 Å². The number of rotatable bonds is 3. The Morgan fingerprint density at radius 3 is 2.12 bits per heavy atom. The molecule has 2 aromatic rings. The van der Waals surface area contributed by atoms with Crippen LogP contribution in [-0.2, 0) is 0 Å². The second kappa shape index (κ2) is 5.19. The van der Waals surface area contributed by atoms with Crippen molar-refractivity contribution in [3.05, 3.63) is 70.6 Å². The summed E-state index contributed by atoms with van der Waals surface area (Å²) in [7, 11) is 0. The summed E-state index contributed by atoms with van der Waals surface area (Å²) in [4.78, 5) is 2.82. The van der Waals surface area contributed by atoms with Gasteiger partial charge in [0.1, 0.15) is 0 Å². The molecule has 3 nitrogen and oxygen atoms in total. The van der Waals surface area contributed by atoms with E-state index in [2.05, 4.69) is 22.2 Å². The summed E-state index contributed by atoms with van der Waals surface area (Å²) in [6, 6.07) is 18.2. The fourth-order valence-electron chi connectivity index (χ4n) is 1.73. The SMILES string of the molecule is C[C@@H](N=[N+]=[N-])c1ccc(-c2ccccc2)cc1. The molecule has 0 amide bonds. The molecule has 1 atom stereocenters. The summed E-state index contributed by atoms with van der Waals surface area (Å²) in [6.07, 6.45) is 0. The molecule has 2 rings (SSSR count). The maximum atomic E-state index is 8.39. The fraction of sp³-hybridized carbons (Fsp3) is 0.143. The molecular weight excluding hydrogens is 210 g/mol. The van der Waals surface area contributed by atoms with Crippen molar-refractivity contribution >= 4 is 0 Å². The van der Waals surface area contributed by atoms with Gasteiger partial charge in [-0.2, -0.15) is 0 Å². The van der Waals surface area contributed by atoms with Gasteiger partial charge < -0.3 is 0 Å². The van der Waals surface area contributed by atoms with E-state index in [4.69, 9.17) is 5.53 Å². The predicted octanol–water partition coefficient (Wildman–Crippen LogP) is 4.72. The highest BCUT2D eigenvalue weighted by Crippen LogP contribution is 2.23. The minimum Gasteiger partial charge on any atom is -0.0862 e. The zero-order valence-electron chi connectivity index (χ0n) is 9.62. The van der Waals surface area contributed by atoms with Crippen LogP contribution in [0.1, 0.15) is 18.5 Å². The van der Waals surface area contributed by atoms with Crippen molar-refractivity contribution in [2.75, 3.05) is 0 Å². The maximum Gasteiger partial charge on any atom is 0.0597 e. The Morgan fingerprint density at radius 2 is 1.53 bits per heavy atom. The van der Waals surface area contributed by atoms with Gasteiger partial charge in [-0.15, -0.1) is 0 Å². The Balaban J connectivity index is 2.27. The quantitative estimate of drug-likeness (QED) is 0.410. The molecule has 17 heavy (non-hydrogen) atoms. The Morgan fingerprint density at radius 1 is 0.941 bits per heavy atom. The minimum absolute atomic E-state index is 0.121. The largest absolute Gasteiger partial charge is 0.0862 e. The lowest BCUT2D eigenvalue weighted by molar-refractivity contribution is 0.808. The fourth-order valence-corrected chi connectivity index (χ4v) is 1.73. The Hall–Kier alpha value is -2.25. The van der Waals surface area contributed by atoms with Crippen molar-refractivity contribution in [1.29, 1.82) is 0 Å². The Kier molecular flexibility index (Phi) is 3.43. The molecule has 0 spiro atoms. The van der Waals surface area contributed by atoms with E-state index >= 15 is 0 Å². The van der Waals surface area contributed by atoms with Crippen molar-refractivity contribution in [1.82, 2.24) is 0 Å². The van der Waals surface area contributed by atoms with Crippen molar-refractivity contribution in [3.63, 3.8) is 0 Å². The molecule has 84 valence electrons. The third-order valence-electron chi connectivity index (χ3n) is 2.73. The van der Waals surface area contributed by atoms with Crippen LogP contribution >= 0.6 is 0 Å². The molecule has 0 aromatic heterocycles. The van der Waals surface area contributed by atoms with Crippen molar-refractivity contribution in [2.24, 2.45) is 5.11 Å². The Labute approximate surface area is 100 Å². The first kappa shape index (κ1) is 11.2. The number of azide groups is 1. The predicted molar refractivity (Wildman–Crippen MR) is 69.4 cm³/mol. The van der Waals surface area contributed by atoms with Gasteiger partial charge in [0, 0.05) is 4.91 Å². The van der Waals surface area contributed by atoms with Gasteiger partial charge >= 0.3 is 0 Å². The van der Waals surface area contributed by atoms with Crippen LogP contribution in [0.5, 0.6) is 0 Å². The molecule has 0 aliphatic rings. The van der Waals surface area contributed by atoms with E-state index in [1.807, 2.05) is 49.4 Å². The average molecular weight is 223 g/mol. The lowest BCUT2D eigenvalue weighted by atomic mass is 10.0. The van der Waals surface area contributed by atoms with E-state index in [0.717, 1.165) is 5.56 Å². The van der Waals surface area contributed by atoms with Gasteiger partial charge in [0.05, 0.1) is 6.04 Å². The van der Waals surface area contributed by atoms with Crippen LogP contribution in [0.2, 0.25) is 0 Å². The third kappa shape index (κ3) is 2.65. The molecule has 0 aliphatic carbocycles. The molecule has 0 aliphatic heterocycles.